The third-order valence-corrected chi connectivity index (χ3v) is 2.98. The number of rotatable bonds is 2. The molecule has 0 saturated heterocycles. The predicted molar refractivity (Wildman–Crippen MR) is 71.2 cm³/mol. The van der Waals surface area contributed by atoms with Gasteiger partial charge in [-0.05, 0) is 31.2 Å². The van der Waals surface area contributed by atoms with E-state index in [-0.39, 0.29) is 0 Å². The molecule has 0 amide bonds. The molecular formula is C15H12N2O. The molecule has 88 valence electrons. The zero-order valence-corrected chi connectivity index (χ0v) is 10.00. The van der Waals surface area contributed by atoms with Gasteiger partial charge in [-0.15, -0.1) is 0 Å². The number of aromatic nitrogens is 2. The Morgan fingerprint density at radius 3 is 2.61 bits per heavy atom. The summed E-state index contributed by atoms with van der Waals surface area (Å²) in [4.78, 5) is 11.3. The lowest BCUT2D eigenvalue weighted by molar-refractivity contribution is 0.111. The van der Waals surface area contributed by atoms with Crippen molar-refractivity contribution in [2.75, 3.05) is 0 Å². The van der Waals surface area contributed by atoms with Gasteiger partial charge in [0.1, 0.15) is 5.69 Å². The minimum atomic E-state index is 0.597. The van der Waals surface area contributed by atoms with Gasteiger partial charge in [0.15, 0.2) is 6.29 Å². The van der Waals surface area contributed by atoms with Gasteiger partial charge in [0.05, 0.1) is 11.2 Å². The van der Waals surface area contributed by atoms with Crippen molar-refractivity contribution >= 4 is 17.2 Å². The van der Waals surface area contributed by atoms with Crippen molar-refractivity contribution in [3.8, 4) is 5.69 Å². The number of hydrogen-bond donors (Lipinski definition) is 0. The maximum absolute atomic E-state index is 11.3. The van der Waals surface area contributed by atoms with Crippen LogP contribution < -0.4 is 0 Å². The van der Waals surface area contributed by atoms with E-state index in [9.17, 15) is 4.79 Å². The molecule has 0 aliphatic rings. The minimum Gasteiger partial charge on any atom is -0.296 e. The van der Waals surface area contributed by atoms with Crippen molar-refractivity contribution in [1.82, 2.24) is 9.78 Å². The normalized spacial score (nSPS) is 10.7. The van der Waals surface area contributed by atoms with Crippen LogP contribution in [0.2, 0.25) is 0 Å². The van der Waals surface area contributed by atoms with E-state index in [0.29, 0.717) is 5.69 Å². The van der Waals surface area contributed by atoms with Gasteiger partial charge in [0, 0.05) is 5.39 Å². The average molecular weight is 236 g/mol. The molecule has 0 unspecified atom stereocenters. The van der Waals surface area contributed by atoms with Crippen LogP contribution in [0.25, 0.3) is 16.6 Å². The van der Waals surface area contributed by atoms with E-state index in [0.717, 1.165) is 28.4 Å². The van der Waals surface area contributed by atoms with Crippen LogP contribution >= 0.6 is 0 Å². The molecule has 1 heterocycles. The van der Waals surface area contributed by atoms with Crippen LogP contribution in [0.15, 0.2) is 48.5 Å². The lowest BCUT2D eigenvalue weighted by Gasteiger charge is -2.02. The Morgan fingerprint density at radius 2 is 1.89 bits per heavy atom. The Bertz CT molecular complexity index is 714. The van der Waals surface area contributed by atoms with Gasteiger partial charge in [-0.25, -0.2) is 4.68 Å². The van der Waals surface area contributed by atoms with Gasteiger partial charge >= 0.3 is 0 Å². The third-order valence-electron chi connectivity index (χ3n) is 2.98. The molecule has 0 bridgehead atoms. The highest BCUT2D eigenvalue weighted by atomic mass is 16.1. The molecule has 3 rings (SSSR count). The summed E-state index contributed by atoms with van der Waals surface area (Å²) in [6, 6.07) is 15.6. The van der Waals surface area contributed by atoms with Crippen molar-refractivity contribution in [2.45, 2.75) is 6.92 Å². The molecule has 0 radical (unpaired) electrons. The number of nitrogens with zero attached hydrogens (tertiary/aromatic N) is 2. The van der Waals surface area contributed by atoms with Gasteiger partial charge in [0.25, 0.3) is 0 Å². The van der Waals surface area contributed by atoms with Crippen molar-refractivity contribution < 1.29 is 4.79 Å². The van der Waals surface area contributed by atoms with Crippen molar-refractivity contribution in [3.05, 3.63) is 59.8 Å². The van der Waals surface area contributed by atoms with Crippen LogP contribution in [-0.2, 0) is 0 Å². The fourth-order valence-electron chi connectivity index (χ4n) is 2.10. The Labute approximate surface area is 105 Å². The standard InChI is InChI=1S/C15H12N2O/c1-11-7-8-14-13(9-11)15(10-18)17(16-14)12-5-3-2-4-6-12/h2-10H,1H3. The topological polar surface area (TPSA) is 34.9 Å². The first kappa shape index (κ1) is 10.7. The summed E-state index contributed by atoms with van der Waals surface area (Å²) in [5.41, 5.74) is 3.46. The fraction of sp³-hybridized carbons (Fsp3) is 0.0667. The summed E-state index contributed by atoms with van der Waals surface area (Å²) in [6.45, 7) is 2.01. The highest BCUT2D eigenvalue weighted by molar-refractivity contribution is 5.96. The molecule has 0 fully saturated rings. The summed E-state index contributed by atoms with van der Waals surface area (Å²) in [5.74, 6) is 0. The average Bonchev–Trinajstić information content (AvgIpc) is 2.77. The summed E-state index contributed by atoms with van der Waals surface area (Å²) in [5, 5.41) is 5.38. The highest BCUT2D eigenvalue weighted by Crippen LogP contribution is 2.21. The molecule has 3 aromatic rings. The molecule has 0 N–H and O–H groups in total. The number of benzene rings is 2. The minimum absolute atomic E-state index is 0.597. The van der Waals surface area contributed by atoms with Crippen LogP contribution in [0.5, 0.6) is 0 Å². The van der Waals surface area contributed by atoms with E-state index >= 15 is 0 Å². The van der Waals surface area contributed by atoms with Crippen molar-refractivity contribution in [3.63, 3.8) is 0 Å². The Kier molecular flexibility index (Phi) is 2.45. The second-order valence-electron chi connectivity index (χ2n) is 4.27. The molecule has 0 aliphatic heterocycles. The Hall–Kier alpha value is -2.42. The lowest BCUT2D eigenvalue weighted by atomic mass is 10.1. The van der Waals surface area contributed by atoms with Gasteiger partial charge < -0.3 is 0 Å². The number of hydrogen-bond acceptors (Lipinski definition) is 2. The first-order valence-electron chi connectivity index (χ1n) is 5.79. The summed E-state index contributed by atoms with van der Waals surface area (Å²) >= 11 is 0. The van der Waals surface area contributed by atoms with E-state index in [1.807, 2.05) is 55.5 Å². The SMILES string of the molecule is Cc1ccc2nn(-c3ccccc3)c(C=O)c2c1. The zero-order chi connectivity index (χ0) is 12.5. The van der Waals surface area contributed by atoms with Gasteiger partial charge in [-0.2, -0.15) is 5.10 Å². The van der Waals surface area contributed by atoms with E-state index in [1.165, 1.54) is 0 Å². The fourth-order valence-corrected chi connectivity index (χ4v) is 2.10. The van der Waals surface area contributed by atoms with Gasteiger partial charge in [-0.1, -0.05) is 29.8 Å². The predicted octanol–water partition coefficient (Wildman–Crippen LogP) is 3.15. The van der Waals surface area contributed by atoms with Gasteiger partial charge in [-0.3, -0.25) is 4.79 Å². The maximum atomic E-state index is 11.3. The molecule has 1 aromatic heterocycles. The van der Waals surface area contributed by atoms with Crippen LogP contribution in [0.1, 0.15) is 16.1 Å². The van der Waals surface area contributed by atoms with E-state index in [2.05, 4.69) is 5.10 Å². The molecule has 2 aromatic carbocycles. The highest BCUT2D eigenvalue weighted by Gasteiger charge is 2.11. The molecule has 0 aliphatic carbocycles. The maximum Gasteiger partial charge on any atom is 0.169 e. The molecule has 0 atom stereocenters. The second-order valence-corrected chi connectivity index (χ2v) is 4.27. The van der Waals surface area contributed by atoms with E-state index in [4.69, 9.17) is 0 Å². The Morgan fingerprint density at radius 1 is 1.11 bits per heavy atom. The van der Waals surface area contributed by atoms with Gasteiger partial charge in [0.2, 0.25) is 0 Å². The lowest BCUT2D eigenvalue weighted by Crippen LogP contribution is -2.00. The third kappa shape index (κ3) is 1.61. The van der Waals surface area contributed by atoms with E-state index < -0.39 is 0 Å². The van der Waals surface area contributed by atoms with E-state index in [1.54, 1.807) is 4.68 Å². The zero-order valence-electron chi connectivity index (χ0n) is 10.00. The summed E-state index contributed by atoms with van der Waals surface area (Å²) in [6.07, 6.45) is 0.863. The summed E-state index contributed by atoms with van der Waals surface area (Å²) in [7, 11) is 0. The number of fused-ring (bicyclic) bond motifs is 1. The van der Waals surface area contributed by atoms with Crippen LogP contribution in [0.3, 0.4) is 0 Å². The van der Waals surface area contributed by atoms with Crippen molar-refractivity contribution in [1.29, 1.82) is 0 Å². The smallest absolute Gasteiger partial charge is 0.169 e. The molecule has 0 saturated carbocycles. The number of aryl methyl sites for hydroxylation is 1. The Balaban J connectivity index is 2.33. The van der Waals surface area contributed by atoms with Crippen molar-refractivity contribution in [2.24, 2.45) is 0 Å². The number of aldehydes is 1. The molecular weight excluding hydrogens is 224 g/mol. The number of carbonyl (C=O) groups is 1. The second kappa shape index (κ2) is 4.11. The molecule has 0 spiro atoms. The first-order valence-corrected chi connectivity index (χ1v) is 5.79. The quantitative estimate of drug-likeness (QED) is 0.641. The summed E-state index contributed by atoms with van der Waals surface area (Å²) < 4.78 is 1.69. The molecule has 3 heteroatoms. The molecule has 18 heavy (non-hydrogen) atoms. The molecule has 3 nitrogen and oxygen atoms in total. The van der Waals surface area contributed by atoms with Crippen LogP contribution in [0.4, 0.5) is 0 Å². The van der Waals surface area contributed by atoms with Crippen LogP contribution in [0, 0.1) is 6.92 Å². The van der Waals surface area contributed by atoms with Crippen LogP contribution in [-0.4, -0.2) is 16.1 Å². The number of carbonyl (C=O) groups excluding carboxylic acids is 1. The largest absolute Gasteiger partial charge is 0.296 e. The number of para-hydroxylation sites is 1. The first-order chi connectivity index (χ1) is 8.79. The monoisotopic (exact) mass is 236 g/mol.